The molecule has 0 atom stereocenters. The zero-order valence-electron chi connectivity index (χ0n) is 23.8. The van der Waals surface area contributed by atoms with E-state index in [2.05, 4.69) is 16.7 Å². The van der Waals surface area contributed by atoms with Gasteiger partial charge in [-0.25, -0.2) is 0 Å². The maximum absolute atomic E-state index is 11.2. The summed E-state index contributed by atoms with van der Waals surface area (Å²) in [5.74, 6) is 2.65. The van der Waals surface area contributed by atoms with E-state index >= 15 is 0 Å². The van der Waals surface area contributed by atoms with Crippen LogP contribution in [-0.4, -0.2) is 32.2 Å². The molecule has 0 radical (unpaired) electrons. The van der Waals surface area contributed by atoms with Gasteiger partial charge in [-0.3, -0.25) is 4.79 Å². The zero-order valence-corrected chi connectivity index (χ0v) is 24.6. The van der Waals surface area contributed by atoms with Crippen molar-refractivity contribution in [3.8, 4) is 40.2 Å². The van der Waals surface area contributed by atoms with Gasteiger partial charge in [0.1, 0.15) is 37.9 Å². The fourth-order valence-corrected chi connectivity index (χ4v) is 4.92. The van der Waals surface area contributed by atoms with E-state index in [9.17, 15) is 10.1 Å². The fourth-order valence-electron chi connectivity index (χ4n) is 4.63. The van der Waals surface area contributed by atoms with Crippen LogP contribution in [0.2, 0.25) is 5.02 Å². The summed E-state index contributed by atoms with van der Waals surface area (Å²) >= 11 is 6.86. The van der Waals surface area contributed by atoms with Crippen LogP contribution in [0.4, 0.5) is 0 Å². The first kappa shape index (κ1) is 29.8. The van der Waals surface area contributed by atoms with Crippen molar-refractivity contribution in [1.29, 1.82) is 5.26 Å². The summed E-state index contributed by atoms with van der Waals surface area (Å²) in [7, 11) is 0. The van der Waals surface area contributed by atoms with Crippen molar-refractivity contribution in [3.05, 3.63) is 106 Å². The van der Waals surface area contributed by atoms with E-state index in [4.69, 9.17) is 30.5 Å². The van der Waals surface area contributed by atoms with E-state index in [-0.39, 0.29) is 12.5 Å². The quantitative estimate of drug-likeness (QED) is 0.192. The predicted octanol–water partition coefficient (Wildman–Crippen LogP) is 6.03. The van der Waals surface area contributed by atoms with Crippen LogP contribution in [0.3, 0.4) is 0 Å². The van der Waals surface area contributed by atoms with E-state index in [0.717, 1.165) is 33.6 Å². The van der Waals surface area contributed by atoms with Gasteiger partial charge in [0.25, 0.3) is 0 Å². The van der Waals surface area contributed by atoms with E-state index in [0.29, 0.717) is 67.3 Å². The summed E-state index contributed by atoms with van der Waals surface area (Å²) in [5.41, 5.74) is 5.05. The number of carbonyl (C=O) groups is 1. The molecule has 0 saturated heterocycles. The molecule has 5 rings (SSSR count). The molecule has 0 saturated carbocycles. The van der Waals surface area contributed by atoms with Gasteiger partial charge in [0.15, 0.2) is 11.5 Å². The Morgan fingerprint density at radius 1 is 0.907 bits per heavy atom. The molecule has 1 aliphatic heterocycles. The number of nitriles is 1. The number of rotatable bonds is 12. The SMILES string of the molecule is CC(=O)NCCNCc1ccc(OCc2cccc(-c3ccc4c(c3)OCCO4)c2Cl)cc1OCc1cccc(C#N)c1. The standard InChI is InChI=1S/C34H32ClN3O5/c1-23(39)38-13-12-37-20-27-8-10-29(18-32(27)43-21-25-5-2-4-24(16-25)19-36)42-22-28-6-3-7-30(34(28)35)26-9-11-31-33(17-26)41-15-14-40-31/h2-11,16-18,37H,12-15,20-22H2,1H3,(H,38,39). The number of fused-ring (bicyclic) bond motifs is 1. The Morgan fingerprint density at radius 2 is 1.74 bits per heavy atom. The Labute approximate surface area is 256 Å². The molecule has 43 heavy (non-hydrogen) atoms. The fraction of sp³-hybridized carbons (Fsp3) is 0.235. The molecule has 0 aromatic heterocycles. The molecule has 0 aliphatic carbocycles. The number of benzene rings is 4. The van der Waals surface area contributed by atoms with Crippen molar-refractivity contribution in [2.45, 2.75) is 26.7 Å². The highest BCUT2D eigenvalue weighted by atomic mass is 35.5. The normalized spacial score (nSPS) is 11.8. The van der Waals surface area contributed by atoms with Crippen LogP contribution in [0.1, 0.15) is 29.2 Å². The number of nitrogens with one attached hydrogen (secondary N) is 2. The Bertz CT molecular complexity index is 1640. The minimum Gasteiger partial charge on any atom is -0.489 e. The Morgan fingerprint density at radius 3 is 2.58 bits per heavy atom. The van der Waals surface area contributed by atoms with Gasteiger partial charge in [-0.2, -0.15) is 5.26 Å². The lowest BCUT2D eigenvalue weighted by Crippen LogP contribution is -2.30. The molecular weight excluding hydrogens is 566 g/mol. The topological polar surface area (TPSA) is 102 Å². The molecule has 0 fully saturated rings. The van der Waals surface area contributed by atoms with Crippen LogP contribution < -0.4 is 29.6 Å². The van der Waals surface area contributed by atoms with E-state index in [1.165, 1.54) is 6.92 Å². The van der Waals surface area contributed by atoms with Crippen LogP contribution in [0, 0.1) is 11.3 Å². The predicted molar refractivity (Wildman–Crippen MR) is 165 cm³/mol. The highest BCUT2D eigenvalue weighted by Crippen LogP contribution is 2.38. The smallest absolute Gasteiger partial charge is 0.216 e. The van der Waals surface area contributed by atoms with Crippen molar-refractivity contribution >= 4 is 17.5 Å². The lowest BCUT2D eigenvalue weighted by Gasteiger charge is -2.19. The average molecular weight is 598 g/mol. The maximum atomic E-state index is 11.2. The molecule has 4 aromatic rings. The van der Waals surface area contributed by atoms with Crippen molar-refractivity contribution < 1.29 is 23.7 Å². The molecule has 0 spiro atoms. The molecular formula is C34H32ClN3O5. The molecule has 1 aliphatic rings. The van der Waals surface area contributed by atoms with Gasteiger partial charge in [0, 0.05) is 49.3 Å². The number of amides is 1. The van der Waals surface area contributed by atoms with E-state index < -0.39 is 0 Å². The molecule has 9 heteroatoms. The van der Waals surface area contributed by atoms with Crippen molar-refractivity contribution in [2.75, 3.05) is 26.3 Å². The molecule has 8 nitrogen and oxygen atoms in total. The third kappa shape index (κ3) is 7.98. The minimum atomic E-state index is -0.0659. The monoisotopic (exact) mass is 597 g/mol. The number of halogens is 1. The summed E-state index contributed by atoms with van der Waals surface area (Å²) in [6, 6.07) is 26.9. The summed E-state index contributed by atoms with van der Waals surface area (Å²) in [5, 5.41) is 15.9. The summed E-state index contributed by atoms with van der Waals surface area (Å²) in [6.45, 7) is 4.78. The molecule has 0 bridgehead atoms. The molecule has 0 unspecified atom stereocenters. The molecule has 4 aromatic carbocycles. The van der Waals surface area contributed by atoms with E-state index in [1.54, 1.807) is 6.07 Å². The van der Waals surface area contributed by atoms with Crippen LogP contribution in [0.25, 0.3) is 11.1 Å². The van der Waals surface area contributed by atoms with Crippen LogP contribution in [0.15, 0.2) is 78.9 Å². The number of ether oxygens (including phenoxy) is 4. The maximum Gasteiger partial charge on any atom is 0.216 e. The zero-order chi connectivity index (χ0) is 30.0. The largest absolute Gasteiger partial charge is 0.489 e. The first-order valence-electron chi connectivity index (χ1n) is 14.0. The van der Waals surface area contributed by atoms with Crippen molar-refractivity contribution in [2.24, 2.45) is 0 Å². The number of hydrogen-bond acceptors (Lipinski definition) is 7. The first-order valence-corrected chi connectivity index (χ1v) is 14.4. The van der Waals surface area contributed by atoms with Gasteiger partial charge < -0.3 is 29.6 Å². The Hall–Kier alpha value is -4.71. The molecule has 1 heterocycles. The highest BCUT2D eigenvalue weighted by Gasteiger charge is 2.15. The summed E-state index contributed by atoms with van der Waals surface area (Å²) in [6.07, 6.45) is 0. The van der Waals surface area contributed by atoms with Gasteiger partial charge in [-0.1, -0.05) is 54.1 Å². The highest BCUT2D eigenvalue weighted by molar-refractivity contribution is 6.34. The van der Waals surface area contributed by atoms with Crippen LogP contribution >= 0.6 is 11.6 Å². The average Bonchev–Trinajstić information content (AvgIpc) is 3.03. The molecule has 1 amide bonds. The molecule has 220 valence electrons. The number of carbonyl (C=O) groups excluding carboxylic acids is 1. The lowest BCUT2D eigenvalue weighted by molar-refractivity contribution is -0.118. The van der Waals surface area contributed by atoms with Crippen molar-refractivity contribution in [3.63, 3.8) is 0 Å². The second kappa shape index (κ2) is 14.5. The number of hydrogen-bond donors (Lipinski definition) is 2. The van der Waals surface area contributed by atoms with Gasteiger partial charge in [0.05, 0.1) is 16.7 Å². The summed E-state index contributed by atoms with van der Waals surface area (Å²) in [4.78, 5) is 11.2. The third-order valence-electron chi connectivity index (χ3n) is 6.81. The van der Waals surface area contributed by atoms with Crippen LogP contribution in [0.5, 0.6) is 23.0 Å². The first-order chi connectivity index (χ1) is 21.0. The van der Waals surface area contributed by atoms with Crippen molar-refractivity contribution in [1.82, 2.24) is 10.6 Å². The molecule has 2 N–H and O–H groups in total. The lowest BCUT2D eigenvalue weighted by atomic mass is 10.0. The number of nitrogens with zero attached hydrogens (tertiary/aromatic N) is 1. The van der Waals surface area contributed by atoms with Gasteiger partial charge in [-0.15, -0.1) is 0 Å². The van der Waals surface area contributed by atoms with E-state index in [1.807, 2.05) is 72.8 Å². The summed E-state index contributed by atoms with van der Waals surface area (Å²) < 4.78 is 23.8. The second-order valence-electron chi connectivity index (χ2n) is 9.96. The Kier molecular flexibility index (Phi) is 10.0. The van der Waals surface area contributed by atoms with Gasteiger partial charge in [-0.05, 0) is 41.5 Å². The van der Waals surface area contributed by atoms with Gasteiger partial charge >= 0.3 is 0 Å². The Balaban J connectivity index is 1.30. The minimum absolute atomic E-state index is 0.0659. The second-order valence-corrected chi connectivity index (χ2v) is 10.3. The third-order valence-corrected chi connectivity index (χ3v) is 7.25. The van der Waals surface area contributed by atoms with Crippen LogP contribution in [-0.2, 0) is 24.6 Å². The van der Waals surface area contributed by atoms with Gasteiger partial charge in [0.2, 0.25) is 5.91 Å².